The summed E-state index contributed by atoms with van der Waals surface area (Å²) in [5, 5.41) is 18.9. The van der Waals surface area contributed by atoms with E-state index in [2.05, 4.69) is 0 Å². The van der Waals surface area contributed by atoms with E-state index in [4.69, 9.17) is 0 Å². The molecule has 0 aromatic carbocycles. The second kappa shape index (κ2) is 6.70. The number of hydrogen-bond acceptors (Lipinski definition) is 2. The van der Waals surface area contributed by atoms with E-state index >= 15 is 0 Å². The van der Waals surface area contributed by atoms with Crippen molar-refractivity contribution in [2.75, 3.05) is 41.3 Å². The molecule has 2 atom stereocenters. The zero-order valence-corrected chi connectivity index (χ0v) is 11.3. The molecule has 5 heteroatoms. The fourth-order valence-electron chi connectivity index (χ4n) is 1.84. The quantitative estimate of drug-likeness (QED) is 0.380. The van der Waals surface area contributed by atoms with Crippen molar-refractivity contribution >= 4 is 5.96 Å². The van der Waals surface area contributed by atoms with E-state index in [0.717, 1.165) is 5.96 Å². The molecule has 0 radical (unpaired) electrons. The average molecular weight is 232 g/mol. The monoisotopic (exact) mass is 232 g/mol. The summed E-state index contributed by atoms with van der Waals surface area (Å²) < 4.78 is 1.98. The highest BCUT2D eigenvalue weighted by Gasteiger charge is 2.24. The third kappa shape index (κ3) is 5.32. The van der Waals surface area contributed by atoms with E-state index in [-0.39, 0.29) is 0 Å². The van der Waals surface area contributed by atoms with Gasteiger partial charge >= 0.3 is 5.96 Å². The number of guanidine groups is 1. The first kappa shape index (κ1) is 15.2. The van der Waals surface area contributed by atoms with E-state index < -0.39 is 12.2 Å². The van der Waals surface area contributed by atoms with Crippen LogP contribution in [0.25, 0.3) is 0 Å². The van der Waals surface area contributed by atoms with Crippen LogP contribution >= 0.6 is 0 Å². The number of aliphatic hydroxyl groups is 2. The normalized spacial score (nSPS) is 14.2. The van der Waals surface area contributed by atoms with Gasteiger partial charge in [0.15, 0.2) is 0 Å². The maximum Gasteiger partial charge on any atom is 0.349 e. The Labute approximate surface area is 98.6 Å². The zero-order valence-electron chi connectivity index (χ0n) is 11.3. The van der Waals surface area contributed by atoms with Crippen LogP contribution < -0.4 is 0 Å². The average Bonchev–Trinajstić information content (AvgIpc) is 1.98. The van der Waals surface area contributed by atoms with Crippen molar-refractivity contribution < 1.29 is 14.8 Å². The molecule has 0 aromatic heterocycles. The van der Waals surface area contributed by atoms with E-state index in [0.29, 0.717) is 13.1 Å². The van der Waals surface area contributed by atoms with E-state index in [1.54, 1.807) is 13.8 Å². The van der Waals surface area contributed by atoms with E-state index in [1.165, 1.54) is 0 Å². The summed E-state index contributed by atoms with van der Waals surface area (Å²) >= 11 is 0. The summed E-state index contributed by atoms with van der Waals surface area (Å²) in [5.41, 5.74) is 0. The third-order valence-electron chi connectivity index (χ3n) is 2.05. The van der Waals surface area contributed by atoms with Gasteiger partial charge < -0.3 is 10.2 Å². The van der Waals surface area contributed by atoms with Gasteiger partial charge in [-0.1, -0.05) is 0 Å². The van der Waals surface area contributed by atoms with Crippen molar-refractivity contribution in [1.29, 1.82) is 0 Å². The van der Waals surface area contributed by atoms with Gasteiger partial charge in [0.05, 0.1) is 53.5 Å². The molecule has 0 fully saturated rings. The standard InChI is InChI=1S/C11H26N3O2/c1-9(15)7-14(8-10(2)16)11(12(3)4)13(5)6/h9-10,15-16H,7-8H2,1-6H3/q+1. The van der Waals surface area contributed by atoms with E-state index in [9.17, 15) is 10.2 Å². The first-order valence-corrected chi connectivity index (χ1v) is 5.58. The number of aliphatic hydroxyl groups excluding tert-OH is 2. The largest absolute Gasteiger partial charge is 0.390 e. The molecule has 16 heavy (non-hydrogen) atoms. The van der Waals surface area contributed by atoms with Gasteiger partial charge in [-0.15, -0.1) is 0 Å². The second-order valence-electron chi connectivity index (χ2n) is 4.69. The van der Waals surface area contributed by atoms with Crippen LogP contribution in [0.15, 0.2) is 0 Å². The van der Waals surface area contributed by atoms with Crippen LogP contribution in [0.1, 0.15) is 13.8 Å². The minimum Gasteiger partial charge on any atom is -0.390 e. The van der Waals surface area contributed by atoms with Crippen LogP contribution in [-0.4, -0.2) is 84.0 Å². The van der Waals surface area contributed by atoms with Gasteiger partial charge in [0.2, 0.25) is 0 Å². The smallest absolute Gasteiger partial charge is 0.349 e. The maximum absolute atomic E-state index is 9.47. The molecule has 0 saturated carbocycles. The molecule has 96 valence electrons. The van der Waals surface area contributed by atoms with Gasteiger partial charge in [0.1, 0.15) is 0 Å². The summed E-state index contributed by atoms with van der Waals surface area (Å²) in [4.78, 5) is 3.96. The third-order valence-corrected chi connectivity index (χ3v) is 2.05. The minimum atomic E-state index is -0.423. The number of nitrogens with zero attached hydrogens (tertiary/aromatic N) is 3. The van der Waals surface area contributed by atoms with Crippen molar-refractivity contribution in [3.63, 3.8) is 0 Å². The molecule has 0 aliphatic heterocycles. The predicted octanol–water partition coefficient (Wildman–Crippen LogP) is -0.760. The van der Waals surface area contributed by atoms with Gasteiger partial charge in [-0.25, -0.2) is 0 Å². The Morgan fingerprint density at radius 1 is 1.06 bits per heavy atom. The van der Waals surface area contributed by atoms with Crippen LogP contribution in [0.3, 0.4) is 0 Å². The maximum atomic E-state index is 9.47. The molecule has 2 N–H and O–H groups in total. The molecule has 0 heterocycles. The topological polar surface area (TPSA) is 50.0 Å². The lowest BCUT2D eigenvalue weighted by molar-refractivity contribution is -0.476. The first-order valence-electron chi connectivity index (χ1n) is 5.58. The molecule has 0 aliphatic carbocycles. The van der Waals surface area contributed by atoms with Crippen molar-refractivity contribution in [2.24, 2.45) is 0 Å². The molecular weight excluding hydrogens is 206 g/mol. The lowest BCUT2D eigenvalue weighted by Gasteiger charge is -2.26. The highest BCUT2D eigenvalue weighted by Crippen LogP contribution is 2.00. The minimum absolute atomic E-state index is 0.423. The highest BCUT2D eigenvalue weighted by atomic mass is 16.3. The van der Waals surface area contributed by atoms with Crippen LogP contribution in [0, 0.1) is 0 Å². The first-order chi connectivity index (χ1) is 7.25. The summed E-state index contributed by atoms with van der Waals surface area (Å²) in [6.07, 6.45) is -0.845. The van der Waals surface area contributed by atoms with Crippen LogP contribution in [0.2, 0.25) is 0 Å². The predicted molar refractivity (Wildman–Crippen MR) is 65.7 cm³/mol. The van der Waals surface area contributed by atoms with Gasteiger partial charge in [-0.05, 0) is 13.8 Å². The van der Waals surface area contributed by atoms with E-state index in [1.807, 2.05) is 42.6 Å². The molecule has 0 spiro atoms. The fourth-order valence-corrected chi connectivity index (χ4v) is 1.84. The molecule has 0 saturated heterocycles. The fraction of sp³-hybridized carbons (Fsp3) is 0.909. The molecule has 0 aliphatic rings. The molecule has 0 bridgehead atoms. The Bertz CT molecular complexity index is 223. The molecule has 0 rings (SSSR count). The SMILES string of the molecule is CC(O)CN(CC(C)O)C(N(C)C)=[N+](C)C. The van der Waals surface area contributed by atoms with Gasteiger partial charge in [-0.2, -0.15) is 0 Å². The number of hydrogen-bond donors (Lipinski definition) is 2. The Hall–Kier alpha value is -0.810. The van der Waals surface area contributed by atoms with Crippen LogP contribution in [0.5, 0.6) is 0 Å². The highest BCUT2D eigenvalue weighted by molar-refractivity contribution is 5.74. The van der Waals surface area contributed by atoms with Crippen LogP contribution in [0.4, 0.5) is 0 Å². The summed E-state index contributed by atoms with van der Waals surface area (Å²) in [6, 6.07) is 0. The summed E-state index contributed by atoms with van der Waals surface area (Å²) in [5.74, 6) is 0.974. The molecule has 5 nitrogen and oxygen atoms in total. The van der Waals surface area contributed by atoms with Gasteiger partial charge in [-0.3, -0.25) is 14.4 Å². The Kier molecular flexibility index (Phi) is 6.36. The molecular formula is C11H26N3O2+. The number of rotatable bonds is 4. The van der Waals surface area contributed by atoms with Gasteiger partial charge in [0, 0.05) is 0 Å². The zero-order chi connectivity index (χ0) is 12.9. The Balaban J connectivity index is 4.91. The summed E-state index contributed by atoms with van der Waals surface area (Å²) in [6.45, 7) is 4.52. The second-order valence-corrected chi connectivity index (χ2v) is 4.69. The Morgan fingerprint density at radius 2 is 1.44 bits per heavy atom. The lowest BCUT2D eigenvalue weighted by Crippen LogP contribution is -2.50. The molecule has 0 aromatic rings. The van der Waals surface area contributed by atoms with Crippen molar-refractivity contribution in [3.8, 4) is 0 Å². The van der Waals surface area contributed by atoms with Crippen LogP contribution in [-0.2, 0) is 0 Å². The Morgan fingerprint density at radius 3 is 1.62 bits per heavy atom. The van der Waals surface area contributed by atoms with Crippen molar-refractivity contribution in [1.82, 2.24) is 9.80 Å². The van der Waals surface area contributed by atoms with Gasteiger partial charge in [0.25, 0.3) is 0 Å². The van der Waals surface area contributed by atoms with Crippen molar-refractivity contribution in [3.05, 3.63) is 0 Å². The lowest BCUT2D eigenvalue weighted by atomic mass is 10.3. The molecule has 0 amide bonds. The van der Waals surface area contributed by atoms with Crippen molar-refractivity contribution in [2.45, 2.75) is 26.1 Å². The summed E-state index contributed by atoms with van der Waals surface area (Å²) in [7, 11) is 7.80. The molecule has 2 unspecified atom stereocenters.